The second-order valence-electron chi connectivity index (χ2n) is 9.48. The molecule has 0 fully saturated rings. The predicted molar refractivity (Wildman–Crippen MR) is 132 cm³/mol. The summed E-state index contributed by atoms with van der Waals surface area (Å²) < 4.78 is 3.96. The lowest BCUT2D eigenvalue weighted by Crippen LogP contribution is -2.40. The summed E-state index contributed by atoms with van der Waals surface area (Å²) in [5, 5.41) is 10.1. The average molecular weight is 482 g/mol. The van der Waals surface area contributed by atoms with Gasteiger partial charge in [0.25, 0.3) is 0 Å². The summed E-state index contributed by atoms with van der Waals surface area (Å²) in [6.07, 6.45) is 3.40. The maximum Gasteiger partial charge on any atom is 0.352 e. The SMILES string of the molecule is CC1=CC(=O)C2=C(CC3C(=CCn4c(=O)n(-c5ccccc5)c(=O)n43)C2c2ccc(O)c(C)c2)C1=O. The van der Waals surface area contributed by atoms with E-state index < -0.39 is 23.3 Å². The van der Waals surface area contributed by atoms with E-state index in [-0.39, 0.29) is 30.3 Å². The van der Waals surface area contributed by atoms with E-state index in [1.165, 1.54) is 15.4 Å². The summed E-state index contributed by atoms with van der Waals surface area (Å²) in [7, 11) is 0. The van der Waals surface area contributed by atoms with Gasteiger partial charge in [-0.3, -0.25) is 9.59 Å². The van der Waals surface area contributed by atoms with Crippen LogP contribution < -0.4 is 11.4 Å². The first-order chi connectivity index (χ1) is 17.3. The molecule has 0 saturated carbocycles. The highest BCUT2D eigenvalue weighted by atomic mass is 16.3. The number of carbonyl (C=O) groups excluding carboxylic acids is 2. The van der Waals surface area contributed by atoms with Crippen molar-refractivity contribution in [2.75, 3.05) is 0 Å². The zero-order valence-electron chi connectivity index (χ0n) is 19.8. The summed E-state index contributed by atoms with van der Waals surface area (Å²) in [5.41, 5.74) is 2.83. The number of allylic oxidation sites excluding steroid dienone is 6. The van der Waals surface area contributed by atoms with Crippen LogP contribution in [0.15, 0.2) is 92.6 Å². The number of hydrogen-bond donors (Lipinski definition) is 1. The quantitative estimate of drug-likeness (QED) is 0.448. The highest BCUT2D eigenvalue weighted by molar-refractivity contribution is 6.23. The van der Waals surface area contributed by atoms with Crippen molar-refractivity contribution in [3.05, 3.63) is 115 Å². The molecule has 8 heteroatoms. The molecule has 2 unspecified atom stereocenters. The highest BCUT2D eigenvalue weighted by Gasteiger charge is 2.44. The number of aromatic nitrogens is 3. The summed E-state index contributed by atoms with van der Waals surface area (Å²) >= 11 is 0. The number of hydrogen-bond acceptors (Lipinski definition) is 5. The fourth-order valence-electron chi connectivity index (χ4n) is 5.69. The van der Waals surface area contributed by atoms with Gasteiger partial charge in [0.1, 0.15) is 5.75 Å². The van der Waals surface area contributed by atoms with Gasteiger partial charge < -0.3 is 5.11 Å². The number of phenolic OH excluding ortho intramolecular Hbond substituents is 1. The number of rotatable bonds is 2. The number of carbonyl (C=O) groups is 2. The van der Waals surface area contributed by atoms with Crippen LogP contribution in [0.3, 0.4) is 0 Å². The maximum absolute atomic E-state index is 13.7. The standard InChI is InChI=1S/C28H23N3O5/c1-15-12-17(8-9-22(15)32)24-19-10-11-29-27(35)30(18-6-4-3-5-7-18)28(36)31(29)21(19)14-20-25(24)23(33)13-16(2)26(20)34/h3-10,12-13,21,24,32H,11,14H2,1-2H3. The molecule has 2 heterocycles. The van der Waals surface area contributed by atoms with Crippen molar-refractivity contribution in [2.24, 2.45) is 0 Å². The molecular formula is C28H23N3O5. The zero-order valence-corrected chi connectivity index (χ0v) is 19.8. The lowest BCUT2D eigenvalue weighted by molar-refractivity contribution is -0.116. The molecular weight excluding hydrogens is 458 g/mol. The molecule has 0 spiro atoms. The summed E-state index contributed by atoms with van der Waals surface area (Å²) in [6, 6.07) is 13.2. The van der Waals surface area contributed by atoms with Crippen LogP contribution in [0.5, 0.6) is 5.75 Å². The van der Waals surface area contributed by atoms with Crippen LogP contribution in [-0.4, -0.2) is 30.6 Å². The van der Waals surface area contributed by atoms with Gasteiger partial charge in [-0.25, -0.2) is 23.5 Å². The van der Waals surface area contributed by atoms with E-state index >= 15 is 0 Å². The third kappa shape index (κ3) is 3.00. The number of benzene rings is 2. The number of aryl methyl sites for hydroxylation is 1. The van der Waals surface area contributed by atoms with Crippen molar-refractivity contribution in [3.63, 3.8) is 0 Å². The van der Waals surface area contributed by atoms with Crippen LogP contribution in [0.1, 0.15) is 36.4 Å². The van der Waals surface area contributed by atoms with Crippen molar-refractivity contribution in [3.8, 4) is 11.4 Å². The number of aromatic hydroxyl groups is 1. The first-order valence-corrected chi connectivity index (χ1v) is 11.8. The third-order valence-electron chi connectivity index (χ3n) is 7.40. The van der Waals surface area contributed by atoms with Crippen LogP contribution >= 0.6 is 0 Å². The minimum Gasteiger partial charge on any atom is -0.508 e. The first kappa shape index (κ1) is 22.0. The third-order valence-corrected chi connectivity index (χ3v) is 7.40. The number of ketones is 2. The number of nitrogens with zero attached hydrogens (tertiary/aromatic N) is 3. The molecule has 2 aromatic carbocycles. The smallest absolute Gasteiger partial charge is 0.352 e. The molecule has 2 aliphatic carbocycles. The molecule has 8 nitrogen and oxygen atoms in total. The van der Waals surface area contributed by atoms with E-state index in [2.05, 4.69) is 0 Å². The Balaban J connectivity index is 1.60. The fourth-order valence-corrected chi connectivity index (χ4v) is 5.69. The topological polar surface area (TPSA) is 103 Å². The van der Waals surface area contributed by atoms with Crippen LogP contribution in [0, 0.1) is 6.92 Å². The number of fused-ring (bicyclic) bond motifs is 3. The molecule has 1 aliphatic heterocycles. The van der Waals surface area contributed by atoms with Crippen molar-refractivity contribution >= 4 is 11.6 Å². The molecule has 2 atom stereocenters. The van der Waals surface area contributed by atoms with Gasteiger partial charge in [0.15, 0.2) is 11.6 Å². The van der Waals surface area contributed by atoms with Gasteiger partial charge in [0.05, 0.1) is 18.3 Å². The van der Waals surface area contributed by atoms with Crippen molar-refractivity contribution < 1.29 is 14.7 Å². The Kier molecular flexibility index (Phi) is 4.76. The molecule has 0 saturated heterocycles. The zero-order chi connectivity index (χ0) is 25.3. The van der Waals surface area contributed by atoms with Gasteiger partial charge >= 0.3 is 11.4 Å². The molecule has 1 aromatic heterocycles. The Morgan fingerprint density at radius 1 is 0.944 bits per heavy atom. The Hall–Kier alpha value is -4.46. The van der Waals surface area contributed by atoms with Gasteiger partial charge in [-0.2, -0.15) is 0 Å². The van der Waals surface area contributed by atoms with E-state index in [0.717, 1.165) is 15.7 Å². The summed E-state index contributed by atoms with van der Waals surface area (Å²) in [4.78, 5) is 53.5. The second kappa shape index (κ2) is 7.78. The molecule has 6 rings (SSSR count). The second-order valence-corrected chi connectivity index (χ2v) is 9.48. The molecule has 0 radical (unpaired) electrons. The maximum atomic E-state index is 13.7. The Morgan fingerprint density at radius 3 is 2.42 bits per heavy atom. The lowest BCUT2D eigenvalue weighted by atomic mass is 9.68. The fraction of sp³-hybridized carbons (Fsp3) is 0.214. The van der Waals surface area contributed by atoms with E-state index in [9.17, 15) is 24.3 Å². The monoisotopic (exact) mass is 481 g/mol. The van der Waals surface area contributed by atoms with E-state index in [1.807, 2.05) is 12.1 Å². The largest absolute Gasteiger partial charge is 0.508 e. The van der Waals surface area contributed by atoms with E-state index in [4.69, 9.17) is 0 Å². The van der Waals surface area contributed by atoms with Gasteiger partial charge in [-0.05, 0) is 54.8 Å². The van der Waals surface area contributed by atoms with Crippen LogP contribution in [0.4, 0.5) is 0 Å². The summed E-state index contributed by atoms with van der Waals surface area (Å²) in [6.45, 7) is 3.54. The van der Waals surface area contributed by atoms with Crippen molar-refractivity contribution in [1.82, 2.24) is 13.9 Å². The van der Waals surface area contributed by atoms with Gasteiger partial charge in [0.2, 0.25) is 0 Å². The Morgan fingerprint density at radius 2 is 1.69 bits per heavy atom. The normalized spacial score (nSPS) is 20.9. The molecule has 0 bridgehead atoms. The highest BCUT2D eigenvalue weighted by Crippen LogP contribution is 2.49. The number of Topliss-reactive ketones (excluding diaryl/α,β-unsaturated/α-hetero) is 1. The van der Waals surface area contributed by atoms with Crippen molar-refractivity contribution in [2.45, 2.75) is 38.8 Å². The van der Waals surface area contributed by atoms with Crippen LogP contribution in [-0.2, 0) is 16.1 Å². The Bertz CT molecular complexity index is 1690. The van der Waals surface area contributed by atoms with Crippen LogP contribution in [0.2, 0.25) is 0 Å². The van der Waals surface area contributed by atoms with Gasteiger partial charge in [-0.1, -0.05) is 36.4 Å². The van der Waals surface area contributed by atoms with Gasteiger partial charge in [0, 0.05) is 29.1 Å². The molecule has 36 heavy (non-hydrogen) atoms. The molecule has 1 N–H and O–H groups in total. The molecule has 0 amide bonds. The lowest BCUT2D eigenvalue weighted by Gasteiger charge is -2.39. The minimum atomic E-state index is -0.607. The predicted octanol–water partition coefficient (Wildman–Crippen LogP) is 2.88. The number of phenols is 1. The van der Waals surface area contributed by atoms with Crippen molar-refractivity contribution in [1.29, 1.82) is 0 Å². The molecule has 3 aliphatic rings. The number of para-hydroxylation sites is 1. The van der Waals surface area contributed by atoms with E-state index in [1.54, 1.807) is 56.3 Å². The minimum absolute atomic E-state index is 0.129. The summed E-state index contributed by atoms with van der Waals surface area (Å²) in [5.74, 6) is -0.895. The van der Waals surface area contributed by atoms with Gasteiger partial charge in [-0.15, -0.1) is 0 Å². The van der Waals surface area contributed by atoms with E-state index in [0.29, 0.717) is 28.0 Å². The van der Waals surface area contributed by atoms with Crippen LogP contribution in [0.25, 0.3) is 5.69 Å². The molecule has 3 aromatic rings. The first-order valence-electron chi connectivity index (χ1n) is 11.8. The molecule has 180 valence electrons. The average Bonchev–Trinajstić information content (AvgIpc) is 3.13. The Labute approximate surface area is 205 Å².